The van der Waals surface area contributed by atoms with E-state index in [1.165, 1.54) is 4.90 Å². The molecule has 1 saturated heterocycles. The summed E-state index contributed by atoms with van der Waals surface area (Å²) >= 11 is 6.23. The molecule has 1 aliphatic carbocycles. The Bertz CT molecular complexity index is 2360. The number of halogens is 1. The van der Waals surface area contributed by atoms with E-state index in [4.69, 9.17) is 25.8 Å². The van der Waals surface area contributed by atoms with Crippen molar-refractivity contribution in [3.8, 4) is 28.7 Å². The summed E-state index contributed by atoms with van der Waals surface area (Å²) < 4.78 is 17.9. The maximum Gasteiger partial charge on any atom is 0.251 e. The molecular formula is C52H62ClN5O8. The third-order valence-corrected chi connectivity index (χ3v) is 12.9. The van der Waals surface area contributed by atoms with Crippen LogP contribution in [0.1, 0.15) is 89.2 Å². The van der Waals surface area contributed by atoms with Gasteiger partial charge in [0.05, 0.1) is 23.3 Å². The van der Waals surface area contributed by atoms with E-state index in [2.05, 4.69) is 49.7 Å². The highest BCUT2D eigenvalue weighted by Gasteiger charge is 2.64. The molecule has 4 aromatic rings. The highest BCUT2D eigenvalue weighted by atomic mass is 35.5. The number of aliphatic hydroxyl groups excluding tert-OH is 1. The number of hydrogen-bond acceptors (Lipinski definition) is 9. The molecule has 0 bridgehead atoms. The molecule has 4 amide bonds. The van der Waals surface area contributed by atoms with Crippen molar-refractivity contribution in [2.45, 2.75) is 105 Å². The Morgan fingerprint density at radius 2 is 1.52 bits per heavy atom. The van der Waals surface area contributed by atoms with Crippen molar-refractivity contribution < 1.29 is 38.5 Å². The second-order valence-corrected chi connectivity index (χ2v) is 19.9. The summed E-state index contributed by atoms with van der Waals surface area (Å²) in [6, 6.07) is 29.9. The van der Waals surface area contributed by atoms with E-state index in [0.29, 0.717) is 53.7 Å². The van der Waals surface area contributed by atoms with Crippen molar-refractivity contribution >= 4 is 35.2 Å². The van der Waals surface area contributed by atoms with Crippen LogP contribution in [0.4, 0.5) is 0 Å². The molecule has 14 heteroatoms. The van der Waals surface area contributed by atoms with Crippen molar-refractivity contribution in [2.75, 3.05) is 26.4 Å². The second-order valence-electron chi connectivity index (χ2n) is 19.5. The Hall–Kier alpha value is -5.94. The van der Waals surface area contributed by atoms with Crippen LogP contribution in [-0.2, 0) is 25.7 Å². The lowest BCUT2D eigenvalue weighted by Crippen LogP contribution is -2.74. The quantitative estimate of drug-likeness (QED) is 0.0737. The van der Waals surface area contributed by atoms with Gasteiger partial charge in [0.25, 0.3) is 5.91 Å². The van der Waals surface area contributed by atoms with Crippen LogP contribution in [0.25, 0.3) is 11.1 Å². The summed E-state index contributed by atoms with van der Waals surface area (Å²) in [6.45, 7) is 14.4. The molecule has 1 saturated carbocycles. The fourth-order valence-corrected chi connectivity index (χ4v) is 9.46. The number of hydrogen-bond donors (Lipinski definition) is 4. The standard InChI is InChI=1S/C52H62ClN5O8/c1-50(2,3)44(47(63)58-31-38(59)27-42(58)46(62)55-30-33-15-17-35(18-16-33)34-13-9-8-10-14-34)56-43(60)32-64-25-11-12-26-65-39-22-19-36(20-23-39)45(61)57-48-51(4,5)49(52(48,6)7)66-40-24-21-37(29-54)41(53)28-40/h8-10,13-24,28,38,42,44,48-49,59H,11-12,25-27,30-32H2,1-7H3,(H,55,62)(H,56,60)(H,57,61)/t38-,42?,44-,48?,49?/m1/s1. The minimum atomic E-state index is -0.962. The van der Waals surface area contributed by atoms with Crippen molar-refractivity contribution in [1.29, 1.82) is 5.26 Å². The fourth-order valence-electron chi connectivity index (χ4n) is 9.25. The van der Waals surface area contributed by atoms with E-state index < -0.39 is 46.2 Å². The zero-order valence-electron chi connectivity index (χ0n) is 38.9. The van der Waals surface area contributed by atoms with Gasteiger partial charge in [0, 0.05) is 54.6 Å². The molecule has 3 atom stereocenters. The van der Waals surface area contributed by atoms with Gasteiger partial charge < -0.3 is 40.2 Å². The average molecular weight is 921 g/mol. The fraction of sp³-hybridized carbons (Fsp3) is 0.442. The van der Waals surface area contributed by atoms with Crippen LogP contribution in [0.3, 0.4) is 0 Å². The zero-order chi connectivity index (χ0) is 47.8. The zero-order valence-corrected chi connectivity index (χ0v) is 39.6. The summed E-state index contributed by atoms with van der Waals surface area (Å²) in [5, 5.41) is 29.0. The average Bonchev–Trinajstić information content (AvgIpc) is 3.69. The van der Waals surface area contributed by atoms with Gasteiger partial charge in [0.1, 0.15) is 42.4 Å². The number of amides is 4. The number of nitrogens with one attached hydrogen (secondary N) is 3. The van der Waals surface area contributed by atoms with Crippen LogP contribution >= 0.6 is 11.6 Å². The molecular weight excluding hydrogens is 858 g/mol. The molecule has 2 fully saturated rings. The number of likely N-dealkylation sites (tertiary alicyclic amines) is 1. The molecule has 1 heterocycles. The molecule has 1 aliphatic heterocycles. The Balaban J connectivity index is 0.895. The van der Waals surface area contributed by atoms with E-state index >= 15 is 0 Å². The van der Waals surface area contributed by atoms with Crippen molar-refractivity contribution in [3.05, 3.63) is 119 Å². The Morgan fingerprint density at radius 1 is 0.879 bits per heavy atom. The topological polar surface area (TPSA) is 179 Å². The van der Waals surface area contributed by atoms with Crippen LogP contribution in [0.5, 0.6) is 11.5 Å². The van der Waals surface area contributed by atoms with Gasteiger partial charge in [-0.25, -0.2) is 0 Å². The summed E-state index contributed by atoms with van der Waals surface area (Å²) in [7, 11) is 0. The number of ether oxygens (including phenoxy) is 3. The number of carbonyl (C=O) groups is 4. The number of nitriles is 1. The van der Waals surface area contributed by atoms with Gasteiger partial charge in [-0.15, -0.1) is 0 Å². The van der Waals surface area contributed by atoms with Crippen molar-refractivity contribution in [1.82, 2.24) is 20.9 Å². The van der Waals surface area contributed by atoms with E-state index in [-0.39, 0.29) is 50.1 Å². The van der Waals surface area contributed by atoms with Crippen molar-refractivity contribution in [3.63, 3.8) is 0 Å². The number of β-amino-alcohol motifs (C(OH)–C–C–N with tert-alkyl or cyclic N) is 1. The molecule has 13 nitrogen and oxygen atoms in total. The normalized spacial score (nSPS) is 20.0. The Morgan fingerprint density at radius 3 is 2.15 bits per heavy atom. The molecule has 4 aromatic carbocycles. The van der Waals surface area contributed by atoms with Gasteiger partial charge in [0.15, 0.2) is 0 Å². The van der Waals surface area contributed by atoms with Crippen LogP contribution in [0.2, 0.25) is 5.02 Å². The largest absolute Gasteiger partial charge is 0.494 e. The summed E-state index contributed by atoms with van der Waals surface area (Å²) in [5.74, 6) is -0.295. The molecule has 2 aliphatic rings. The SMILES string of the molecule is CC1(C)C(NC(=O)c2ccc(OCCCCOCC(=O)N[C@H](C(=O)N3C[C@H](O)CC3C(=O)NCc3ccc(-c4ccccc4)cc3)C(C)(C)C)cc2)C(C)(C)C1Oc1ccc(C#N)c(Cl)c1. The molecule has 0 spiro atoms. The highest BCUT2D eigenvalue weighted by molar-refractivity contribution is 6.31. The lowest BCUT2D eigenvalue weighted by atomic mass is 9.49. The van der Waals surface area contributed by atoms with Crippen LogP contribution in [-0.4, -0.2) is 90.3 Å². The van der Waals surface area contributed by atoms with Crippen LogP contribution in [0.15, 0.2) is 97.1 Å². The van der Waals surface area contributed by atoms with Gasteiger partial charge in [-0.2, -0.15) is 5.26 Å². The molecule has 350 valence electrons. The Kier molecular flexibility index (Phi) is 15.8. The summed E-state index contributed by atoms with van der Waals surface area (Å²) in [5.41, 5.74) is 2.44. The number of aliphatic hydroxyl groups is 1. The number of rotatable bonds is 18. The maximum atomic E-state index is 14.0. The van der Waals surface area contributed by atoms with Gasteiger partial charge in [-0.1, -0.05) is 115 Å². The third kappa shape index (κ3) is 11.9. The first kappa shape index (κ1) is 49.5. The lowest BCUT2D eigenvalue weighted by molar-refractivity contribution is -0.164. The van der Waals surface area contributed by atoms with Gasteiger partial charge in [-0.05, 0) is 71.3 Å². The van der Waals surface area contributed by atoms with E-state index in [9.17, 15) is 29.5 Å². The summed E-state index contributed by atoms with van der Waals surface area (Å²) in [6.07, 6.45) is 0.271. The number of nitrogens with zero attached hydrogens (tertiary/aromatic N) is 2. The smallest absolute Gasteiger partial charge is 0.251 e. The maximum absolute atomic E-state index is 14.0. The number of carbonyl (C=O) groups excluding carboxylic acids is 4. The van der Waals surface area contributed by atoms with Crippen molar-refractivity contribution in [2.24, 2.45) is 16.2 Å². The second kappa shape index (κ2) is 21.1. The first-order chi connectivity index (χ1) is 31.3. The molecule has 4 N–H and O–H groups in total. The first-order valence-corrected chi connectivity index (χ1v) is 22.8. The molecule has 1 unspecified atom stereocenters. The van der Waals surface area contributed by atoms with E-state index in [1.807, 2.05) is 75.4 Å². The van der Waals surface area contributed by atoms with Gasteiger partial charge in [-0.3, -0.25) is 19.2 Å². The lowest BCUT2D eigenvalue weighted by Gasteiger charge is -2.63. The number of unbranched alkanes of at least 4 members (excludes halogenated alkanes) is 1. The molecule has 0 aromatic heterocycles. The van der Waals surface area contributed by atoms with Crippen LogP contribution < -0.4 is 25.4 Å². The molecule has 6 rings (SSSR count). The van der Waals surface area contributed by atoms with E-state index in [0.717, 1.165) is 16.7 Å². The predicted molar refractivity (Wildman–Crippen MR) is 253 cm³/mol. The molecule has 66 heavy (non-hydrogen) atoms. The summed E-state index contributed by atoms with van der Waals surface area (Å²) in [4.78, 5) is 55.2. The minimum Gasteiger partial charge on any atom is -0.494 e. The predicted octanol–water partition coefficient (Wildman–Crippen LogP) is 7.48. The monoisotopic (exact) mass is 919 g/mol. The highest BCUT2D eigenvalue weighted by Crippen LogP contribution is 2.55. The van der Waals surface area contributed by atoms with E-state index in [1.54, 1.807) is 42.5 Å². The third-order valence-electron chi connectivity index (χ3n) is 12.5. The molecule has 0 radical (unpaired) electrons. The number of benzene rings is 4. The Labute approximate surface area is 393 Å². The first-order valence-electron chi connectivity index (χ1n) is 22.5. The van der Waals surface area contributed by atoms with Gasteiger partial charge >= 0.3 is 0 Å². The van der Waals surface area contributed by atoms with Crippen LogP contribution in [0, 0.1) is 27.6 Å². The van der Waals surface area contributed by atoms with Gasteiger partial charge in [0.2, 0.25) is 17.7 Å². The minimum absolute atomic E-state index is 0.0162.